The number of carbonyl (C=O) groups excluding carboxylic acids is 1. The van der Waals surface area contributed by atoms with Gasteiger partial charge in [-0.25, -0.2) is 4.98 Å². The van der Waals surface area contributed by atoms with Gasteiger partial charge in [-0.3, -0.25) is 9.69 Å². The largest absolute Gasteiger partial charge is 0.326 e. The molecule has 13 heavy (non-hydrogen) atoms. The summed E-state index contributed by atoms with van der Waals surface area (Å²) in [5, 5.41) is 0. The van der Waals surface area contributed by atoms with Crippen LogP contribution in [-0.4, -0.2) is 17.9 Å². The van der Waals surface area contributed by atoms with E-state index in [1.807, 2.05) is 6.07 Å². The number of nitrogens with zero attached hydrogens (tertiary/aromatic N) is 2. The van der Waals surface area contributed by atoms with Crippen LogP contribution in [-0.2, 0) is 17.8 Å². The number of pyridine rings is 1. The van der Waals surface area contributed by atoms with Gasteiger partial charge in [0.2, 0.25) is 5.91 Å². The number of hydrogen-bond acceptors (Lipinski definition) is 3. The highest BCUT2D eigenvalue weighted by Gasteiger charge is 2.24. The summed E-state index contributed by atoms with van der Waals surface area (Å²) >= 11 is 0. The summed E-state index contributed by atoms with van der Waals surface area (Å²) < 4.78 is 0. The molecule has 0 saturated carbocycles. The molecule has 1 aliphatic heterocycles. The number of rotatable bonds is 1. The molecule has 0 unspecified atom stereocenters. The highest BCUT2D eigenvalue weighted by atomic mass is 16.2. The molecule has 2 N–H and O–H groups in total. The maximum absolute atomic E-state index is 11.3. The SMILES string of the molecule is CN1C(=O)Cc2cc(CN)cnc21. The second-order valence-corrected chi connectivity index (χ2v) is 3.16. The molecule has 0 fully saturated rings. The lowest BCUT2D eigenvalue weighted by atomic mass is 10.2. The van der Waals surface area contributed by atoms with Crippen LogP contribution in [0.4, 0.5) is 5.82 Å². The van der Waals surface area contributed by atoms with E-state index < -0.39 is 0 Å². The van der Waals surface area contributed by atoms with E-state index in [1.165, 1.54) is 0 Å². The van der Waals surface area contributed by atoms with Gasteiger partial charge >= 0.3 is 0 Å². The molecule has 1 amide bonds. The van der Waals surface area contributed by atoms with Crippen molar-refractivity contribution in [2.45, 2.75) is 13.0 Å². The topological polar surface area (TPSA) is 59.2 Å². The molecule has 2 heterocycles. The van der Waals surface area contributed by atoms with E-state index in [1.54, 1.807) is 18.1 Å². The lowest BCUT2D eigenvalue weighted by molar-refractivity contribution is -0.117. The first-order valence-corrected chi connectivity index (χ1v) is 4.17. The summed E-state index contributed by atoms with van der Waals surface area (Å²) in [6.07, 6.45) is 2.17. The van der Waals surface area contributed by atoms with E-state index in [4.69, 9.17) is 5.73 Å². The Morgan fingerprint density at radius 2 is 2.46 bits per heavy atom. The summed E-state index contributed by atoms with van der Waals surface area (Å²) in [6.45, 7) is 0.470. The quantitative estimate of drug-likeness (QED) is 0.659. The predicted octanol–water partition coefficient (Wildman–Crippen LogP) is 0.0592. The van der Waals surface area contributed by atoms with Crippen molar-refractivity contribution < 1.29 is 4.79 Å². The summed E-state index contributed by atoms with van der Waals surface area (Å²) in [5.74, 6) is 0.860. The van der Waals surface area contributed by atoms with Crippen molar-refractivity contribution in [2.24, 2.45) is 5.73 Å². The van der Waals surface area contributed by atoms with Crippen molar-refractivity contribution in [3.05, 3.63) is 23.4 Å². The fraction of sp³-hybridized carbons (Fsp3) is 0.333. The van der Waals surface area contributed by atoms with Crippen LogP contribution in [0.1, 0.15) is 11.1 Å². The minimum absolute atomic E-state index is 0.0941. The molecular formula is C9H11N3O. The van der Waals surface area contributed by atoms with Crippen molar-refractivity contribution in [3.8, 4) is 0 Å². The predicted molar refractivity (Wildman–Crippen MR) is 49.2 cm³/mol. The van der Waals surface area contributed by atoms with Gasteiger partial charge in [0.05, 0.1) is 6.42 Å². The number of anilines is 1. The molecule has 2 rings (SSSR count). The third kappa shape index (κ3) is 1.19. The highest BCUT2D eigenvalue weighted by molar-refractivity contribution is 5.99. The number of nitrogens with two attached hydrogens (primary N) is 1. The van der Waals surface area contributed by atoms with Gasteiger partial charge in [0.15, 0.2) is 0 Å². The normalized spacial score (nSPS) is 14.9. The number of amides is 1. The summed E-state index contributed by atoms with van der Waals surface area (Å²) in [4.78, 5) is 17.1. The van der Waals surface area contributed by atoms with Gasteiger partial charge in [0.1, 0.15) is 5.82 Å². The van der Waals surface area contributed by atoms with E-state index in [0.717, 1.165) is 16.9 Å². The van der Waals surface area contributed by atoms with Crippen molar-refractivity contribution >= 4 is 11.7 Å². The maximum Gasteiger partial charge on any atom is 0.232 e. The molecule has 4 nitrogen and oxygen atoms in total. The van der Waals surface area contributed by atoms with Gasteiger partial charge < -0.3 is 5.73 Å². The zero-order chi connectivity index (χ0) is 9.42. The van der Waals surface area contributed by atoms with Gasteiger partial charge in [-0.1, -0.05) is 0 Å². The minimum atomic E-state index is 0.0941. The van der Waals surface area contributed by atoms with Crippen molar-refractivity contribution in [1.29, 1.82) is 0 Å². The molecule has 1 aromatic rings. The molecule has 1 aliphatic rings. The fourth-order valence-corrected chi connectivity index (χ4v) is 1.50. The van der Waals surface area contributed by atoms with Crippen molar-refractivity contribution in [2.75, 3.05) is 11.9 Å². The van der Waals surface area contributed by atoms with Crippen LogP contribution >= 0.6 is 0 Å². The number of hydrogen-bond donors (Lipinski definition) is 1. The molecular weight excluding hydrogens is 166 g/mol. The molecule has 0 atom stereocenters. The lowest BCUT2D eigenvalue weighted by Gasteiger charge is -2.08. The molecule has 68 valence electrons. The summed E-state index contributed by atoms with van der Waals surface area (Å²) in [5.41, 5.74) is 7.43. The first kappa shape index (κ1) is 8.19. The average molecular weight is 177 g/mol. The molecule has 0 bridgehead atoms. The van der Waals surface area contributed by atoms with E-state index >= 15 is 0 Å². The summed E-state index contributed by atoms with van der Waals surface area (Å²) in [6, 6.07) is 1.95. The molecule has 0 spiro atoms. The number of likely N-dealkylation sites (N-methyl/N-ethyl adjacent to an activating group) is 1. The second kappa shape index (κ2) is 2.81. The van der Waals surface area contributed by atoms with Crippen LogP contribution in [0.25, 0.3) is 0 Å². The number of fused-ring (bicyclic) bond motifs is 1. The Hall–Kier alpha value is -1.42. The van der Waals surface area contributed by atoms with Crippen LogP contribution in [0.15, 0.2) is 12.3 Å². The Bertz CT molecular complexity index is 362. The van der Waals surface area contributed by atoms with Gasteiger partial charge in [-0.2, -0.15) is 0 Å². The number of carbonyl (C=O) groups is 1. The third-order valence-electron chi connectivity index (χ3n) is 2.27. The molecule has 0 aromatic carbocycles. The van der Waals surface area contributed by atoms with Crippen LogP contribution in [0.2, 0.25) is 0 Å². The van der Waals surface area contributed by atoms with Crippen LogP contribution < -0.4 is 10.6 Å². The first-order chi connectivity index (χ1) is 6.22. The molecule has 1 aromatic heterocycles. The van der Waals surface area contributed by atoms with E-state index in [2.05, 4.69) is 4.98 Å². The van der Waals surface area contributed by atoms with Gasteiger partial charge in [0.25, 0.3) is 0 Å². The van der Waals surface area contributed by atoms with Crippen LogP contribution in [0.5, 0.6) is 0 Å². The Morgan fingerprint density at radius 3 is 3.15 bits per heavy atom. The lowest BCUT2D eigenvalue weighted by Crippen LogP contribution is -2.21. The molecule has 0 saturated heterocycles. The molecule has 4 heteroatoms. The van der Waals surface area contributed by atoms with Gasteiger partial charge in [-0.15, -0.1) is 0 Å². The van der Waals surface area contributed by atoms with Gasteiger partial charge in [0, 0.05) is 25.4 Å². The Kier molecular flexibility index (Phi) is 1.77. The van der Waals surface area contributed by atoms with Crippen molar-refractivity contribution in [3.63, 3.8) is 0 Å². The summed E-state index contributed by atoms with van der Waals surface area (Å²) in [7, 11) is 1.74. The van der Waals surface area contributed by atoms with Crippen molar-refractivity contribution in [1.82, 2.24) is 4.98 Å². The van der Waals surface area contributed by atoms with E-state index in [9.17, 15) is 4.79 Å². The minimum Gasteiger partial charge on any atom is -0.326 e. The fourth-order valence-electron chi connectivity index (χ4n) is 1.50. The van der Waals surface area contributed by atoms with E-state index in [0.29, 0.717) is 13.0 Å². The second-order valence-electron chi connectivity index (χ2n) is 3.16. The third-order valence-corrected chi connectivity index (χ3v) is 2.27. The Balaban J connectivity index is 2.46. The average Bonchev–Trinajstić information content (AvgIpc) is 2.42. The zero-order valence-electron chi connectivity index (χ0n) is 7.45. The van der Waals surface area contributed by atoms with E-state index in [-0.39, 0.29) is 5.91 Å². The Labute approximate surface area is 76.4 Å². The monoisotopic (exact) mass is 177 g/mol. The van der Waals surface area contributed by atoms with Crippen LogP contribution in [0.3, 0.4) is 0 Å². The number of aromatic nitrogens is 1. The molecule has 0 radical (unpaired) electrons. The Morgan fingerprint density at radius 1 is 1.69 bits per heavy atom. The first-order valence-electron chi connectivity index (χ1n) is 4.17. The zero-order valence-corrected chi connectivity index (χ0v) is 7.45. The highest BCUT2D eigenvalue weighted by Crippen LogP contribution is 2.25. The molecule has 0 aliphatic carbocycles. The maximum atomic E-state index is 11.3. The van der Waals surface area contributed by atoms with Crippen LogP contribution in [0, 0.1) is 0 Å². The standard InChI is InChI=1S/C9H11N3O/c1-12-8(13)3-7-2-6(4-10)5-11-9(7)12/h2,5H,3-4,10H2,1H3. The smallest absolute Gasteiger partial charge is 0.232 e. The van der Waals surface area contributed by atoms with Gasteiger partial charge in [-0.05, 0) is 11.6 Å².